The molecule has 6 nitrogen and oxygen atoms in total. The molecular formula is C13H17N3O3. The van der Waals surface area contributed by atoms with E-state index in [1.807, 2.05) is 0 Å². The third kappa shape index (κ3) is 3.03. The van der Waals surface area contributed by atoms with E-state index >= 15 is 0 Å². The fourth-order valence-corrected chi connectivity index (χ4v) is 1.70. The molecule has 1 aromatic heterocycles. The van der Waals surface area contributed by atoms with Crippen LogP contribution in [-0.2, 0) is 13.7 Å². The molecule has 0 aliphatic heterocycles. The second kappa shape index (κ2) is 5.71. The van der Waals surface area contributed by atoms with Crippen LogP contribution in [0.15, 0.2) is 24.5 Å². The molecule has 6 heteroatoms. The number of hydrogen-bond donors (Lipinski definition) is 1. The molecule has 1 heterocycles. The third-order valence-corrected chi connectivity index (χ3v) is 2.83. The Kier molecular flexibility index (Phi) is 4.01. The normalized spacial score (nSPS) is 12.2. The van der Waals surface area contributed by atoms with E-state index in [1.165, 1.54) is 6.33 Å². The molecule has 0 spiro atoms. The number of aliphatic hydroxyl groups excluding tert-OH is 1. The number of nitrogens with zero attached hydrogens (tertiary/aromatic N) is 3. The summed E-state index contributed by atoms with van der Waals surface area (Å²) in [5.74, 6) is 1.97. The molecule has 1 aromatic carbocycles. The van der Waals surface area contributed by atoms with Gasteiger partial charge in [0.25, 0.3) is 0 Å². The predicted octanol–water partition coefficient (Wildman–Crippen LogP) is 1.46. The fourth-order valence-electron chi connectivity index (χ4n) is 1.70. The first-order valence-electron chi connectivity index (χ1n) is 5.93. The van der Waals surface area contributed by atoms with Crippen molar-refractivity contribution in [1.29, 1.82) is 0 Å². The largest absolute Gasteiger partial charge is 0.497 e. The number of ether oxygens (including phenoxy) is 2. The van der Waals surface area contributed by atoms with E-state index in [9.17, 15) is 5.11 Å². The Bertz CT molecular complexity index is 552. The van der Waals surface area contributed by atoms with E-state index in [0.29, 0.717) is 22.9 Å². The average molecular weight is 263 g/mol. The number of aromatic nitrogens is 3. The highest BCUT2D eigenvalue weighted by molar-refractivity contribution is 5.41. The summed E-state index contributed by atoms with van der Waals surface area (Å²) in [6.07, 6.45) is 0.861. The van der Waals surface area contributed by atoms with Gasteiger partial charge < -0.3 is 14.6 Å². The van der Waals surface area contributed by atoms with Crippen LogP contribution in [0.3, 0.4) is 0 Å². The smallest absolute Gasteiger partial charge is 0.164 e. The number of benzene rings is 1. The van der Waals surface area contributed by atoms with E-state index in [1.54, 1.807) is 44.0 Å². The second-order valence-corrected chi connectivity index (χ2v) is 4.17. The molecule has 0 bridgehead atoms. The van der Waals surface area contributed by atoms with Crippen molar-refractivity contribution in [2.75, 3.05) is 7.11 Å². The maximum atomic E-state index is 9.73. The van der Waals surface area contributed by atoms with Gasteiger partial charge in [-0.1, -0.05) is 0 Å². The summed E-state index contributed by atoms with van der Waals surface area (Å²) < 4.78 is 12.5. The van der Waals surface area contributed by atoms with Crippen LogP contribution in [0.25, 0.3) is 0 Å². The van der Waals surface area contributed by atoms with Crippen molar-refractivity contribution in [3.05, 3.63) is 35.9 Å². The van der Waals surface area contributed by atoms with Gasteiger partial charge in [0, 0.05) is 18.7 Å². The Labute approximate surface area is 111 Å². The van der Waals surface area contributed by atoms with Gasteiger partial charge >= 0.3 is 0 Å². The van der Waals surface area contributed by atoms with Gasteiger partial charge in [-0.15, -0.1) is 0 Å². The summed E-state index contributed by atoms with van der Waals surface area (Å²) in [4.78, 5) is 4.08. The number of hydrogen-bond acceptors (Lipinski definition) is 5. The Morgan fingerprint density at radius 3 is 2.79 bits per heavy atom. The molecule has 0 unspecified atom stereocenters. The average Bonchev–Trinajstić information content (AvgIpc) is 2.81. The molecule has 0 saturated carbocycles. The highest BCUT2D eigenvalue weighted by Gasteiger charge is 2.12. The summed E-state index contributed by atoms with van der Waals surface area (Å²) >= 11 is 0. The minimum absolute atomic E-state index is 0.281. The standard InChI is InChI=1S/C13H17N3O3/c1-9(17)11-5-4-10(18-3)6-12(11)19-7-13-14-8-15-16(13)2/h4-6,8-9,17H,7H2,1-3H3/t9-/m0/s1. The zero-order valence-electron chi connectivity index (χ0n) is 11.2. The molecule has 1 N–H and O–H groups in total. The molecule has 0 fully saturated rings. The summed E-state index contributed by atoms with van der Waals surface area (Å²) in [6.45, 7) is 1.97. The van der Waals surface area contributed by atoms with Crippen LogP contribution in [0.1, 0.15) is 24.4 Å². The molecule has 0 saturated heterocycles. The maximum Gasteiger partial charge on any atom is 0.164 e. The highest BCUT2D eigenvalue weighted by Crippen LogP contribution is 2.29. The lowest BCUT2D eigenvalue weighted by atomic mass is 10.1. The SMILES string of the molecule is COc1ccc([C@H](C)O)c(OCc2ncnn2C)c1. The van der Waals surface area contributed by atoms with Gasteiger partial charge in [-0.05, 0) is 19.1 Å². The highest BCUT2D eigenvalue weighted by atomic mass is 16.5. The Balaban J connectivity index is 2.20. The van der Waals surface area contributed by atoms with Crippen LogP contribution < -0.4 is 9.47 Å². The summed E-state index contributed by atoms with van der Waals surface area (Å²) in [5.41, 5.74) is 0.711. The molecule has 0 radical (unpaired) electrons. The second-order valence-electron chi connectivity index (χ2n) is 4.17. The van der Waals surface area contributed by atoms with Crippen molar-refractivity contribution in [2.24, 2.45) is 7.05 Å². The number of aryl methyl sites for hydroxylation is 1. The fraction of sp³-hybridized carbons (Fsp3) is 0.385. The van der Waals surface area contributed by atoms with Crippen molar-refractivity contribution in [3.8, 4) is 11.5 Å². The van der Waals surface area contributed by atoms with Crippen molar-refractivity contribution >= 4 is 0 Å². The van der Waals surface area contributed by atoms with Crippen LogP contribution in [0.5, 0.6) is 11.5 Å². The van der Waals surface area contributed by atoms with Crippen molar-refractivity contribution in [1.82, 2.24) is 14.8 Å². The maximum absolute atomic E-state index is 9.73. The van der Waals surface area contributed by atoms with Crippen molar-refractivity contribution < 1.29 is 14.6 Å². The lowest BCUT2D eigenvalue weighted by Gasteiger charge is -2.14. The van der Waals surface area contributed by atoms with Crippen molar-refractivity contribution in [3.63, 3.8) is 0 Å². The first kappa shape index (κ1) is 13.4. The third-order valence-electron chi connectivity index (χ3n) is 2.83. The minimum atomic E-state index is -0.611. The monoisotopic (exact) mass is 263 g/mol. The van der Waals surface area contributed by atoms with Crippen LogP contribution in [0.4, 0.5) is 0 Å². The van der Waals surface area contributed by atoms with Gasteiger partial charge in [0.1, 0.15) is 24.4 Å². The molecule has 19 heavy (non-hydrogen) atoms. The van der Waals surface area contributed by atoms with E-state index < -0.39 is 6.10 Å². The molecule has 102 valence electrons. The number of rotatable bonds is 5. The van der Waals surface area contributed by atoms with Crippen LogP contribution in [0.2, 0.25) is 0 Å². The van der Waals surface area contributed by atoms with Gasteiger partial charge in [-0.3, -0.25) is 4.68 Å². The van der Waals surface area contributed by atoms with Crippen molar-refractivity contribution in [2.45, 2.75) is 19.6 Å². The quantitative estimate of drug-likeness (QED) is 0.884. The van der Waals surface area contributed by atoms with Gasteiger partial charge in [-0.2, -0.15) is 5.10 Å². The van der Waals surface area contributed by atoms with E-state index in [2.05, 4.69) is 10.1 Å². The van der Waals surface area contributed by atoms with Crippen LogP contribution in [-0.4, -0.2) is 27.0 Å². The summed E-state index contributed by atoms with van der Waals surface area (Å²) in [5, 5.41) is 13.7. The van der Waals surface area contributed by atoms with E-state index in [-0.39, 0.29) is 6.61 Å². The minimum Gasteiger partial charge on any atom is -0.497 e. The summed E-state index contributed by atoms with van der Waals surface area (Å²) in [7, 11) is 3.39. The number of methoxy groups -OCH3 is 1. The summed E-state index contributed by atoms with van der Waals surface area (Å²) in [6, 6.07) is 5.32. The van der Waals surface area contributed by atoms with E-state index in [0.717, 1.165) is 0 Å². The first-order chi connectivity index (χ1) is 9.11. The Morgan fingerprint density at radius 1 is 1.42 bits per heavy atom. The lowest BCUT2D eigenvalue weighted by molar-refractivity contribution is 0.189. The number of aliphatic hydroxyl groups is 1. The van der Waals surface area contributed by atoms with Gasteiger partial charge in [0.05, 0.1) is 13.2 Å². The Hall–Kier alpha value is -2.08. The van der Waals surface area contributed by atoms with Gasteiger partial charge in [0.2, 0.25) is 0 Å². The van der Waals surface area contributed by atoms with Gasteiger partial charge in [-0.25, -0.2) is 4.98 Å². The molecular weight excluding hydrogens is 246 g/mol. The zero-order valence-corrected chi connectivity index (χ0v) is 11.2. The molecule has 0 aliphatic carbocycles. The lowest BCUT2D eigenvalue weighted by Crippen LogP contribution is -2.06. The topological polar surface area (TPSA) is 69.4 Å². The molecule has 0 aliphatic rings. The van der Waals surface area contributed by atoms with Crippen LogP contribution >= 0.6 is 0 Å². The zero-order chi connectivity index (χ0) is 13.8. The molecule has 2 aromatic rings. The first-order valence-corrected chi connectivity index (χ1v) is 5.93. The molecule has 1 atom stereocenters. The van der Waals surface area contributed by atoms with E-state index in [4.69, 9.17) is 9.47 Å². The molecule has 0 amide bonds. The predicted molar refractivity (Wildman–Crippen MR) is 69.0 cm³/mol. The van der Waals surface area contributed by atoms with Crippen LogP contribution in [0, 0.1) is 0 Å². The van der Waals surface area contributed by atoms with Gasteiger partial charge in [0.15, 0.2) is 5.82 Å². The molecule has 2 rings (SSSR count). The Morgan fingerprint density at radius 2 is 2.21 bits per heavy atom.